The van der Waals surface area contributed by atoms with Crippen LogP contribution in [-0.4, -0.2) is 62.6 Å². The maximum absolute atomic E-state index is 11.7. The molecule has 0 spiro atoms. The number of esters is 1. The first-order chi connectivity index (χ1) is 9.06. The zero-order valence-electron chi connectivity index (χ0n) is 11.0. The van der Waals surface area contributed by atoms with Gasteiger partial charge >= 0.3 is 17.8 Å². The lowest BCUT2D eigenvalue weighted by atomic mass is 10.4. The molecule has 8 heteroatoms. The fraction of sp³-hybridized carbons (Fsp3) is 0.636. The van der Waals surface area contributed by atoms with Crippen molar-refractivity contribution in [3.05, 3.63) is 0 Å². The van der Waals surface area contributed by atoms with Gasteiger partial charge in [0.2, 0.25) is 0 Å². The van der Waals surface area contributed by atoms with Gasteiger partial charge in [-0.3, -0.25) is 14.4 Å². The highest BCUT2D eigenvalue weighted by Gasteiger charge is 2.23. The Hall–Kier alpha value is -2.14. The van der Waals surface area contributed by atoms with Crippen molar-refractivity contribution in [1.29, 1.82) is 5.26 Å². The topological polar surface area (TPSA) is 109 Å². The minimum Gasteiger partial charge on any atom is -0.465 e. The molecule has 0 aromatic heterocycles. The highest BCUT2D eigenvalue weighted by molar-refractivity contribution is 6.35. The summed E-state index contributed by atoms with van der Waals surface area (Å²) in [6.45, 7) is 1.47. The van der Waals surface area contributed by atoms with Crippen molar-refractivity contribution in [3.63, 3.8) is 0 Å². The fourth-order valence-electron chi connectivity index (χ4n) is 1.16. The van der Waals surface area contributed by atoms with E-state index in [1.165, 1.54) is 7.11 Å². The molecule has 106 valence electrons. The number of methoxy groups -OCH3 is 1. The van der Waals surface area contributed by atoms with Gasteiger partial charge in [0.25, 0.3) is 0 Å². The molecule has 0 saturated heterocycles. The van der Waals surface area contributed by atoms with Crippen LogP contribution in [0, 0.1) is 11.3 Å². The Morgan fingerprint density at radius 2 is 2.05 bits per heavy atom. The predicted octanol–water partition coefficient (Wildman–Crippen LogP) is -1.34. The molecule has 0 aromatic rings. The molecule has 0 saturated carbocycles. The quantitative estimate of drug-likeness (QED) is 0.349. The smallest absolute Gasteiger partial charge is 0.325 e. The number of amides is 2. The van der Waals surface area contributed by atoms with Crippen molar-refractivity contribution in [3.8, 4) is 6.07 Å². The van der Waals surface area contributed by atoms with Gasteiger partial charge in [0, 0.05) is 13.7 Å². The van der Waals surface area contributed by atoms with E-state index in [0.29, 0.717) is 0 Å². The first-order valence-corrected chi connectivity index (χ1v) is 5.65. The van der Waals surface area contributed by atoms with Crippen LogP contribution in [0.1, 0.15) is 6.92 Å². The Kier molecular flexibility index (Phi) is 8.74. The van der Waals surface area contributed by atoms with E-state index >= 15 is 0 Å². The summed E-state index contributed by atoms with van der Waals surface area (Å²) in [6.07, 6.45) is 0. The summed E-state index contributed by atoms with van der Waals surface area (Å²) < 4.78 is 9.50. The second kappa shape index (κ2) is 9.85. The number of nitriles is 1. The number of carbonyl (C=O) groups excluding carboxylic acids is 3. The summed E-state index contributed by atoms with van der Waals surface area (Å²) in [5, 5.41) is 10.4. The van der Waals surface area contributed by atoms with Gasteiger partial charge in [0.1, 0.15) is 13.1 Å². The largest absolute Gasteiger partial charge is 0.465 e. The van der Waals surface area contributed by atoms with E-state index in [1.807, 2.05) is 0 Å². The number of nitrogens with zero attached hydrogens (tertiary/aromatic N) is 2. The summed E-state index contributed by atoms with van der Waals surface area (Å²) in [5.41, 5.74) is 0. The van der Waals surface area contributed by atoms with Crippen LogP contribution < -0.4 is 5.32 Å². The number of carbonyl (C=O) groups is 3. The van der Waals surface area contributed by atoms with Crippen LogP contribution in [0.3, 0.4) is 0 Å². The maximum Gasteiger partial charge on any atom is 0.325 e. The summed E-state index contributed by atoms with van der Waals surface area (Å²) in [6, 6.07) is 1.68. The van der Waals surface area contributed by atoms with Crippen molar-refractivity contribution >= 4 is 17.8 Å². The summed E-state index contributed by atoms with van der Waals surface area (Å²) in [5.74, 6) is -2.46. The average molecular weight is 271 g/mol. The molecule has 0 aliphatic rings. The van der Waals surface area contributed by atoms with Crippen LogP contribution >= 0.6 is 0 Å². The average Bonchev–Trinajstić information content (AvgIpc) is 2.40. The van der Waals surface area contributed by atoms with Gasteiger partial charge in [-0.1, -0.05) is 0 Å². The van der Waals surface area contributed by atoms with E-state index in [9.17, 15) is 14.4 Å². The summed E-state index contributed by atoms with van der Waals surface area (Å²) >= 11 is 0. The second-order valence-electron chi connectivity index (χ2n) is 3.37. The lowest BCUT2D eigenvalue weighted by Gasteiger charge is -2.20. The van der Waals surface area contributed by atoms with E-state index in [2.05, 4.69) is 5.32 Å². The van der Waals surface area contributed by atoms with Crippen molar-refractivity contribution in [2.75, 3.05) is 40.0 Å². The predicted molar refractivity (Wildman–Crippen MR) is 63.7 cm³/mol. The second-order valence-corrected chi connectivity index (χ2v) is 3.37. The van der Waals surface area contributed by atoms with Crippen LogP contribution in [-0.2, 0) is 23.9 Å². The number of hydrogen-bond donors (Lipinski definition) is 1. The molecular formula is C11H17N3O5. The molecule has 0 bridgehead atoms. The third-order valence-corrected chi connectivity index (χ3v) is 2.00. The van der Waals surface area contributed by atoms with E-state index in [-0.39, 0.29) is 32.8 Å². The first-order valence-electron chi connectivity index (χ1n) is 5.65. The maximum atomic E-state index is 11.7. The van der Waals surface area contributed by atoms with Crippen LogP contribution in [0.2, 0.25) is 0 Å². The van der Waals surface area contributed by atoms with E-state index in [1.54, 1.807) is 13.0 Å². The van der Waals surface area contributed by atoms with Crippen molar-refractivity contribution in [1.82, 2.24) is 10.2 Å². The SMILES string of the molecule is CCOC(=O)CN(CCOC)C(=O)C(=O)NCC#N. The highest BCUT2D eigenvalue weighted by atomic mass is 16.5. The molecule has 0 atom stereocenters. The molecule has 0 heterocycles. The third-order valence-electron chi connectivity index (χ3n) is 2.00. The van der Waals surface area contributed by atoms with Crippen molar-refractivity contribution in [2.24, 2.45) is 0 Å². The van der Waals surface area contributed by atoms with Gasteiger partial charge in [-0.25, -0.2) is 0 Å². The monoisotopic (exact) mass is 271 g/mol. The van der Waals surface area contributed by atoms with Crippen LogP contribution in [0.4, 0.5) is 0 Å². The standard InChI is InChI=1S/C11H17N3O5/c1-3-19-9(15)8-14(6-7-18-2)11(17)10(16)13-5-4-12/h3,5-8H2,1-2H3,(H,13,16). The van der Waals surface area contributed by atoms with Crippen molar-refractivity contribution < 1.29 is 23.9 Å². The van der Waals surface area contributed by atoms with Gasteiger partial charge in [-0.2, -0.15) is 5.26 Å². The molecule has 2 amide bonds. The molecule has 19 heavy (non-hydrogen) atoms. The fourth-order valence-corrected chi connectivity index (χ4v) is 1.16. The molecule has 0 radical (unpaired) electrons. The molecule has 0 unspecified atom stereocenters. The molecule has 0 aromatic carbocycles. The van der Waals surface area contributed by atoms with Crippen LogP contribution in [0.15, 0.2) is 0 Å². The van der Waals surface area contributed by atoms with Crippen LogP contribution in [0.25, 0.3) is 0 Å². The lowest BCUT2D eigenvalue weighted by Crippen LogP contribution is -2.46. The molecule has 0 rings (SSSR count). The normalized spacial score (nSPS) is 9.32. The van der Waals surface area contributed by atoms with E-state index in [0.717, 1.165) is 4.90 Å². The van der Waals surface area contributed by atoms with Gasteiger partial charge < -0.3 is 19.7 Å². The number of rotatable bonds is 7. The van der Waals surface area contributed by atoms with Gasteiger partial charge in [0.15, 0.2) is 0 Å². The van der Waals surface area contributed by atoms with Crippen LogP contribution in [0.5, 0.6) is 0 Å². The zero-order chi connectivity index (χ0) is 14.7. The lowest BCUT2D eigenvalue weighted by molar-refractivity contribution is -0.152. The Balaban J connectivity index is 4.54. The third kappa shape index (κ3) is 7.00. The van der Waals surface area contributed by atoms with Gasteiger partial charge in [-0.15, -0.1) is 0 Å². The number of nitrogens with one attached hydrogen (secondary N) is 1. The minimum atomic E-state index is -0.943. The zero-order valence-corrected chi connectivity index (χ0v) is 11.0. The highest BCUT2D eigenvalue weighted by Crippen LogP contribution is 1.93. The molecule has 0 aliphatic carbocycles. The van der Waals surface area contributed by atoms with E-state index in [4.69, 9.17) is 14.7 Å². The molecule has 0 aliphatic heterocycles. The number of ether oxygens (including phenoxy) is 2. The Morgan fingerprint density at radius 1 is 1.37 bits per heavy atom. The number of hydrogen-bond acceptors (Lipinski definition) is 6. The summed E-state index contributed by atoms with van der Waals surface area (Å²) in [7, 11) is 1.43. The molecular weight excluding hydrogens is 254 g/mol. The van der Waals surface area contributed by atoms with Gasteiger partial charge in [0.05, 0.1) is 19.3 Å². The molecule has 8 nitrogen and oxygen atoms in total. The molecule has 1 N–H and O–H groups in total. The Bertz CT molecular complexity index is 364. The van der Waals surface area contributed by atoms with E-state index < -0.39 is 17.8 Å². The first kappa shape index (κ1) is 16.9. The minimum absolute atomic E-state index is 0.0775. The van der Waals surface area contributed by atoms with Crippen molar-refractivity contribution in [2.45, 2.75) is 6.92 Å². The van der Waals surface area contributed by atoms with Gasteiger partial charge in [-0.05, 0) is 6.92 Å². The Labute approximate surface area is 111 Å². The Morgan fingerprint density at radius 3 is 2.58 bits per heavy atom. The summed E-state index contributed by atoms with van der Waals surface area (Å²) in [4.78, 5) is 35.5. The molecule has 0 fully saturated rings.